The SMILES string of the molecule is c1ccc(-c2ccc(-c3cc(-c4ccc(-c5cccc(-c6ccc7c8ccccc8n(-c8ccccc8)c7c6)c5)c5ccccc45)nc(-c4ccccc4)n3)cc2)cc1. The summed E-state index contributed by atoms with van der Waals surface area (Å²) in [5, 5.41) is 4.83. The Morgan fingerprint density at radius 2 is 0.780 bits per heavy atom. The molecule has 0 amide bonds. The second kappa shape index (κ2) is 14.6. The Labute approximate surface area is 343 Å². The van der Waals surface area contributed by atoms with E-state index in [1.54, 1.807) is 0 Å². The largest absolute Gasteiger partial charge is 0.309 e. The summed E-state index contributed by atoms with van der Waals surface area (Å²) < 4.78 is 2.38. The van der Waals surface area contributed by atoms with Crippen molar-refractivity contribution in [3.8, 4) is 73.0 Å². The van der Waals surface area contributed by atoms with Crippen LogP contribution in [0.1, 0.15) is 0 Å². The Morgan fingerprint density at radius 1 is 0.271 bits per heavy atom. The van der Waals surface area contributed by atoms with E-state index >= 15 is 0 Å². The van der Waals surface area contributed by atoms with E-state index in [9.17, 15) is 0 Å². The van der Waals surface area contributed by atoms with Gasteiger partial charge in [0.1, 0.15) is 0 Å². The zero-order valence-corrected chi connectivity index (χ0v) is 32.2. The molecule has 0 atom stereocenters. The minimum atomic E-state index is 0.703. The van der Waals surface area contributed by atoms with Crippen LogP contribution in [-0.4, -0.2) is 14.5 Å². The summed E-state index contributed by atoms with van der Waals surface area (Å²) in [5.74, 6) is 0.703. The van der Waals surface area contributed by atoms with Crippen LogP contribution in [0.25, 0.3) is 106 Å². The van der Waals surface area contributed by atoms with Gasteiger partial charge in [-0.05, 0) is 80.6 Å². The quantitative estimate of drug-likeness (QED) is 0.162. The molecule has 0 spiro atoms. The lowest BCUT2D eigenvalue weighted by Gasteiger charge is -2.15. The molecule has 0 fully saturated rings. The highest BCUT2D eigenvalue weighted by Gasteiger charge is 2.17. The van der Waals surface area contributed by atoms with E-state index in [1.165, 1.54) is 60.6 Å². The van der Waals surface area contributed by atoms with E-state index < -0.39 is 0 Å². The minimum absolute atomic E-state index is 0.703. The van der Waals surface area contributed by atoms with Crippen molar-refractivity contribution in [2.45, 2.75) is 0 Å². The maximum atomic E-state index is 5.23. The fraction of sp³-hybridized carbons (Fsp3) is 0. The molecule has 0 aliphatic rings. The van der Waals surface area contributed by atoms with Crippen molar-refractivity contribution in [2.24, 2.45) is 0 Å². The van der Waals surface area contributed by atoms with Crippen LogP contribution in [0.5, 0.6) is 0 Å². The van der Waals surface area contributed by atoms with Gasteiger partial charge in [0.05, 0.1) is 22.4 Å². The van der Waals surface area contributed by atoms with Gasteiger partial charge in [0.25, 0.3) is 0 Å². The van der Waals surface area contributed by atoms with E-state index in [1.807, 2.05) is 24.3 Å². The molecule has 11 rings (SSSR count). The third-order valence-electron chi connectivity index (χ3n) is 11.4. The second-order valence-corrected chi connectivity index (χ2v) is 15.0. The smallest absolute Gasteiger partial charge is 0.160 e. The molecule has 0 saturated carbocycles. The molecular formula is C56H37N3. The Balaban J connectivity index is 1.01. The van der Waals surface area contributed by atoms with E-state index in [0.29, 0.717) is 5.82 Å². The van der Waals surface area contributed by atoms with Crippen molar-refractivity contribution < 1.29 is 0 Å². The van der Waals surface area contributed by atoms with Gasteiger partial charge in [-0.15, -0.1) is 0 Å². The molecule has 9 aromatic carbocycles. The standard InChI is InChI=1S/C56H37N3/c1-4-15-38(16-5-1)39-27-29-40(30-28-39)52-37-53(58-56(57-52)41-17-6-2-7-18-41)49-34-33-46(47-23-10-11-24-48(47)49)44-20-14-19-42(35-44)43-31-32-51-50-25-12-13-26-54(50)59(55(51)36-43)45-21-8-3-9-22-45/h1-37H. The predicted octanol–water partition coefficient (Wildman–Crippen LogP) is 14.7. The summed E-state index contributed by atoms with van der Waals surface area (Å²) in [6.07, 6.45) is 0. The first-order valence-electron chi connectivity index (χ1n) is 20.1. The average Bonchev–Trinajstić information content (AvgIpc) is 3.65. The Hall–Kier alpha value is -7.88. The molecule has 0 aliphatic carbocycles. The highest BCUT2D eigenvalue weighted by molar-refractivity contribution is 6.10. The van der Waals surface area contributed by atoms with Crippen LogP contribution in [-0.2, 0) is 0 Å². The lowest BCUT2D eigenvalue weighted by Crippen LogP contribution is -1.97. The van der Waals surface area contributed by atoms with Gasteiger partial charge in [0.2, 0.25) is 0 Å². The number of aromatic nitrogens is 3. The normalized spacial score (nSPS) is 11.4. The van der Waals surface area contributed by atoms with Gasteiger partial charge in [-0.1, -0.05) is 188 Å². The molecule has 2 aromatic heterocycles. The van der Waals surface area contributed by atoms with Crippen LogP contribution < -0.4 is 0 Å². The van der Waals surface area contributed by atoms with Crippen LogP contribution in [0.4, 0.5) is 0 Å². The summed E-state index contributed by atoms with van der Waals surface area (Å²) in [6, 6.07) is 79.9. The van der Waals surface area contributed by atoms with Gasteiger partial charge < -0.3 is 4.57 Å². The van der Waals surface area contributed by atoms with E-state index in [0.717, 1.165) is 39.2 Å². The van der Waals surface area contributed by atoms with Gasteiger partial charge in [0.15, 0.2) is 5.82 Å². The van der Waals surface area contributed by atoms with Crippen molar-refractivity contribution in [1.29, 1.82) is 0 Å². The number of para-hydroxylation sites is 2. The molecule has 0 radical (unpaired) electrons. The molecule has 0 aliphatic heterocycles. The molecule has 3 nitrogen and oxygen atoms in total. The third-order valence-corrected chi connectivity index (χ3v) is 11.4. The summed E-state index contributed by atoms with van der Waals surface area (Å²) in [4.78, 5) is 10.4. The van der Waals surface area contributed by atoms with Crippen molar-refractivity contribution in [3.05, 3.63) is 224 Å². The maximum Gasteiger partial charge on any atom is 0.160 e. The Morgan fingerprint density at radius 3 is 1.54 bits per heavy atom. The Bertz CT molecular complexity index is 3290. The molecule has 276 valence electrons. The van der Waals surface area contributed by atoms with Crippen LogP contribution >= 0.6 is 0 Å². The van der Waals surface area contributed by atoms with Crippen LogP contribution in [0.2, 0.25) is 0 Å². The number of hydrogen-bond donors (Lipinski definition) is 0. The second-order valence-electron chi connectivity index (χ2n) is 15.0. The first-order chi connectivity index (χ1) is 29.2. The van der Waals surface area contributed by atoms with Gasteiger partial charge in [-0.3, -0.25) is 0 Å². The fourth-order valence-corrected chi connectivity index (χ4v) is 8.56. The number of benzene rings is 9. The van der Waals surface area contributed by atoms with Crippen molar-refractivity contribution >= 4 is 32.6 Å². The first-order valence-corrected chi connectivity index (χ1v) is 20.1. The summed E-state index contributed by atoms with van der Waals surface area (Å²) >= 11 is 0. The number of rotatable bonds is 7. The summed E-state index contributed by atoms with van der Waals surface area (Å²) in [5.41, 5.74) is 15.5. The van der Waals surface area contributed by atoms with Gasteiger partial charge in [-0.25, -0.2) is 9.97 Å². The van der Waals surface area contributed by atoms with Crippen molar-refractivity contribution in [1.82, 2.24) is 14.5 Å². The topological polar surface area (TPSA) is 30.7 Å². The molecule has 0 saturated heterocycles. The summed E-state index contributed by atoms with van der Waals surface area (Å²) in [6.45, 7) is 0. The number of fused-ring (bicyclic) bond motifs is 4. The Kier molecular flexibility index (Phi) is 8.49. The third kappa shape index (κ3) is 6.26. The van der Waals surface area contributed by atoms with Crippen LogP contribution in [0.3, 0.4) is 0 Å². The molecular weight excluding hydrogens is 715 g/mol. The van der Waals surface area contributed by atoms with Crippen molar-refractivity contribution in [3.63, 3.8) is 0 Å². The predicted molar refractivity (Wildman–Crippen MR) is 246 cm³/mol. The summed E-state index contributed by atoms with van der Waals surface area (Å²) in [7, 11) is 0. The molecule has 0 N–H and O–H groups in total. The van der Waals surface area contributed by atoms with E-state index in [-0.39, 0.29) is 0 Å². The van der Waals surface area contributed by atoms with Gasteiger partial charge in [0, 0.05) is 33.2 Å². The fourth-order valence-electron chi connectivity index (χ4n) is 8.56. The molecule has 59 heavy (non-hydrogen) atoms. The van der Waals surface area contributed by atoms with Gasteiger partial charge >= 0.3 is 0 Å². The molecule has 0 bridgehead atoms. The minimum Gasteiger partial charge on any atom is -0.309 e. The maximum absolute atomic E-state index is 5.23. The highest BCUT2D eigenvalue weighted by atomic mass is 15.0. The zero-order valence-electron chi connectivity index (χ0n) is 32.2. The van der Waals surface area contributed by atoms with Crippen molar-refractivity contribution in [2.75, 3.05) is 0 Å². The monoisotopic (exact) mass is 751 g/mol. The van der Waals surface area contributed by atoms with E-state index in [2.05, 4.69) is 205 Å². The molecule has 0 unspecified atom stereocenters. The molecule has 11 aromatic rings. The van der Waals surface area contributed by atoms with Gasteiger partial charge in [-0.2, -0.15) is 0 Å². The van der Waals surface area contributed by atoms with Crippen LogP contribution in [0, 0.1) is 0 Å². The van der Waals surface area contributed by atoms with E-state index in [4.69, 9.17) is 9.97 Å². The average molecular weight is 752 g/mol. The lowest BCUT2D eigenvalue weighted by atomic mass is 9.92. The molecule has 2 heterocycles. The number of nitrogens with zero attached hydrogens (tertiary/aromatic N) is 3. The first kappa shape index (κ1) is 34.4. The highest BCUT2D eigenvalue weighted by Crippen LogP contribution is 2.40. The zero-order chi connectivity index (χ0) is 39.1. The number of hydrogen-bond acceptors (Lipinski definition) is 2. The lowest BCUT2D eigenvalue weighted by molar-refractivity contribution is 1.18. The molecule has 3 heteroatoms. The van der Waals surface area contributed by atoms with Crippen LogP contribution in [0.15, 0.2) is 224 Å².